The van der Waals surface area contributed by atoms with Crippen LogP contribution in [0.1, 0.15) is 32.3 Å². The Morgan fingerprint density at radius 3 is 2.47 bits per heavy atom. The van der Waals surface area contributed by atoms with Gasteiger partial charge in [0.25, 0.3) is 0 Å². The lowest BCUT2D eigenvalue weighted by atomic mass is 9.94. The lowest BCUT2D eigenvalue weighted by Gasteiger charge is -2.16. The Hall–Kier alpha value is -0.870. The Kier molecular flexibility index (Phi) is 7.10. The highest BCUT2D eigenvalue weighted by atomic mass is 79.9. The molecule has 0 aliphatic carbocycles. The number of rotatable bonds is 7. The molecule has 1 rings (SSSR count). The summed E-state index contributed by atoms with van der Waals surface area (Å²) in [6.07, 6.45) is 1.37. The van der Waals surface area contributed by atoms with Crippen molar-refractivity contribution < 1.29 is 9.53 Å². The van der Waals surface area contributed by atoms with E-state index in [1.807, 2.05) is 24.3 Å². The highest BCUT2D eigenvalue weighted by Crippen LogP contribution is 2.16. The number of nitrogens with two attached hydrogens (primary N) is 1. The van der Waals surface area contributed by atoms with Crippen LogP contribution in [-0.2, 0) is 16.1 Å². The zero-order chi connectivity index (χ0) is 14.3. The van der Waals surface area contributed by atoms with E-state index < -0.39 is 0 Å². The van der Waals surface area contributed by atoms with Gasteiger partial charge in [-0.05, 0) is 42.5 Å². The fourth-order valence-electron chi connectivity index (χ4n) is 1.97. The van der Waals surface area contributed by atoms with Crippen LogP contribution >= 0.6 is 15.9 Å². The summed E-state index contributed by atoms with van der Waals surface area (Å²) in [5.74, 6) is 0.601. The van der Waals surface area contributed by atoms with Crippen LogP contribution in [0.5, 0.6) is 0 Å². The SMILES string of the molecule is CC(C)C[C@H](CN)CC(=O)OCc1ccc(Br)cc1. The van der Waals surface area contributed by atoms with Gasteiger partial charge >= 0.3 is 5.97 Å². The van der Waals surface area contributed by atoms with E-state index in [1.165, 1.54) is 0 Å². The van der Waals surface area contributed by atoms with Gasteiger partial charge in [-0.25, -0.2) is 0 Å². The van der Waals surface area contributed by atoms with Gasteiger partial charge in [0.1, 0.15) is 6.61 Å². The summed E-state index contributed by atoms with van der Waals surface area (Å²) in [5, 5.41) is 0. The Morgan fingerprint density at radius 1 is 1.32 bits per heavy atom. The van der Waals surface area contributed by atoms with Crippen molar-refractivity contribution in [3.8, 4) is 0 Å². The first-order chi connectivity index (χ1) is 9.01. The summed E-state index contributed by atoms with van der Waals surface area (Å²) >= 11 is 3.37. The minimum Gasteiger partial charge on any atom is -0.461 e. The van der Waals surface area contributed by atoms with Crippen molar-refractivity contribution in [1.29, 1.82) is 0 Å². The van der Waals surface area contributed by atoms with Crippen molar-refractivity contribution in [2.24, 2.45) is 17.6 Å². The lowest BCUT2D eigenvalue weighted by Crippen LogP contribution is -2.21. The molecule has 0 unspecified atom stereocenters. The smallest absolute Gasteiger partial charge is 0.306 e. The molecular formula is C15H22BrNO2. The van der Waals surface area contributed by atoms with Crippen LogP contribution in [0.15, 0.2) is 28.7 Å². The molecule has 1 aromatic carbocycles. The number of esters is 1. The number of ether oxygens (including phenoxy) is 1. The Morgan fingerprint density at radius 2 is 1.95 bits per heavy atom. The number of hydrogen-bond acceptors (Lipinski definition) is 3. The van der Waals surface area contributed by atoms with Gasteiger partial charge in [0.2, 0.25) is 0 Å². The average Bonchev–Trinajstić information content (AvgIpc) is 2.36. The summed E-state index contributed by atoms with van der Waals surface area (Å²) in [4.78, 5) is 11.7. The third-order valence-electron chi connectivity index (χ3n) is 2.91. The van der Waals surface area contributed by atoms with Crippen molar-refractivity contribution in [3.63, 3.8) is 0 Å². The molecule has 0 aliphatic rings. The van der Waals surface area contributed by atoms with Crippen molar-refractivity contribution in [3.05, 3.63) is 34.3 Å². The predicted octanol–water partition coefficient (Wildman–Crippen LogP) is 3.50. The van der Waals surface area contributed by atoms with Crippen molar-refractivity contribution in [2.45, 2.75) is 33.3 Å². The van der Waals surface area contributed by atoms with E-state index in [-0.39, 0.29) is 11.9 Å². The monoisotopic (exact) mass is 327 g/mol. The number of carbonyl (C=O) groups is 1. The Balaban J connectivity index is 2.36. The second kappa shape index (κ2) is 8.33. The quantitative estimate of drug-likeness (QED) is 0.780. The third kappa shape index (κ3) is 6.73. The summed E-state index contributed by atoms with van der Waals surface area (Å²) < 4.78 is 6.29. The summed E-state index contributed by atoms with van der Waals surface area (Å²) in [5.41, 5.74) is 6.67. The molecule has 0 saturated carbocycles. The van der Waals surface area contributed by atoms with Crippen LogP contribution in [0.3, 0.4) is 0 Å². The minimum atomic E-state index is -0.168. The predicted molar refractivity (Wildman–Crippen MR) is 80.6 cm³/mol. The highest BCUT2D eigenvalue weighted by molar-refractivity contribution is 9.10. The van der Waals surface area contributed by atoms with Gasteiger partial charge in [0.15, 0.2) is 0 Å². The van der Waals surface area contributed by atoms with Gasteiger partial charge < -0.3 is 10.5 Å². The van der Waals surface area contributed by atoms with E-state index in [4.69, 9.17) is 10.5 Å². The van der Waals surface area contributed by atoms with Crippen LogP contribution in [-0.4, -0.2) is 12.5 Å². The fourth-order valence-corrected chi connectivity index (χ4v) is 2.23. The molecule has 19 heavy (non-hydrogen) atoms. The maximum absolute atomic E-state index is 11.7. The minimum absolute atomic E-state index is 0.168. The Labute approximate surface area is 123 Å². The van der Waals surface area contributed by atoms with Crippen LogP contribution < -0.4 is 5.73 Å². The maximum atomic E-state index is 11.7. The first-order valence-electron chi connectivity index (χ1n) is 6.61. The van der Waals surface area contributed by atoms with E-state index in [0.29, 0.717) is 25.5 Å². The molecule has 2 N–H and O–H groups in total. The van der Waals surface area contributed by atoms with E-state index in [0.717, 1.165) is 16.5 Å². The van der Waals surface area contributed by atoms with E-state index in [9.17, 15) is 4.79 Å². The first-order valence-corrected chi connectivity index (χ1v) is 7.40. The molecular weight excluding hydrogens is 306 g/mol. The van der Waals surface area contributed by atoms with Crippen LogP contribution in [0, 0.1) is 11.8 Å². The largest absolute Gasteiger partial charge is 0.461 e. The molecule has 4 heteroatoms. The average molecular weight is 328 g/mol. The number of halogens is 1. The van der Waals surface area contributed by atoms with Crippen LogP contribution in [0.25, 0.3) is 0 Å². The van der Waals surface area contributed by atoms with Gasteiger partial charge in [-0.2, -0.15) is 0 Å². The first kappa shape index (κ1) is 16.2. The van der Waals surface area contributed by atoms with E-state index in [2.05, 4.69) is 29.8 Å². The van der Waals surface area contributed by atoms with Crippen LogP contribution in [0.2, 0.25) is 0 Å². The molecule has 0 fully saturated rings. The topological polar surface area (TPSA) is 52.3 Å². The fraction of sp³-hybridized carbons (Fsp3) is 0.533. The van der Waals surface area contributed by atoms with Crippen LogP contribution in [0.4, 0.5) is 0 Å². The van der Waals surface area contributed by atoms with E-state index in [1.54, 1.807) is 0 Å². The van der Waals surface area contributed by atoms with Gasteiger partial charge in [0.05, 0.1) is 0 Å². The van der Waals surface area contributed by atoms with Gasteiger partial charge in [-0.3, -0.25) is 4.79 Å². The third-order valence-corrected chi connectivity index (χ3v) is 3.44. The number of benzene rings is 1. The zero-order valence-electron chi connectivity index (χ0n) is 11.6. The van der Waals surface area contributed by atoms with Gasteiger partial charge in [-0.1, -0.05) is 41.9 Å². The second-order valence-corrected chi connectivity index (χ2v) is 6.14. The Bertz CT molecular complexity index is 390. The van der Waals surface area contributed by atoms with Gasteiger partial charge in [0, 0.05) is 10.9 Å². The molecule has 0 radical (unpaired) electrons. The lowest BCUT2D eigenvalue weighted by molar-refractivity contribution is -0.146. The van der Waals surface area contributed by atoms with E-state index >= 15 is 0 Å². The summed E-state index contributed by atoms with van der Waals surface area (Å²) in [6, 6.07) is 7.74. The van der Waals surface area contributed by atoms with Gasteiger partial charge in [-0.15, -0.1) is 0 Å². The molecule has 1 atom stereocenters. The van der Waals surface area contributed by atoms with Crippen molar-refractivity contribution in [1.82, 2.24) is 0 Å². The molecule has 0 aliphatic heterocycles. The normalized spacial score (nSPS) is 12.5. The molecule has 1 aromatic rings. The standard InChI is InChI=1S/C15H22BrNO2/c1-11(2)7-13(9-17)8-15(18)19-10-12-3-5-14(16)6-4-12/h3-6,11,13H,7-10,17H2,1-2H3/t13-/m0/s1. The van der Waals surface area contributed by atoms with Crippen molar-refractivity contribution in [2.75, 3.05) is 6.54 Å². The maximum Gasteiger partial charge on any atom is 0.306 e. The molecule has 0 spiro atoms. The molecule has 0 saturated heterocycles. The zero-order valence-corrected chi connectivity index (χ0v) is 13.2. The number of hydrogen-bond donors (Lipinski definition) is 1. The molecule has 0 bridgehead atoms. The molecule has 0 heterocycles. The molecule has 0 amide bonds. The van der Waals surface area contributed by atoms with Crippen molar-refractivity contribution >= 4 is 21.9 Å². The summed E-state index contributed by atoms with van der Waals surface area (Å²) in [7, 11) is 0. The molecule has 106 valence electrons. The highest BCUT2D eigenvalue weighted by Gasteiger charge is 2.15. The number of carbonyl (C=O) groups excluding carboxylic acids is 1. The summed E-state index contributed by atoms with van der Waals surface area (Å²) in [6.45, 7) is 5.13. The second-order valence-electron chi connectivity index (χ2n) is 5.22. The molecule has 3 nitrogen and oxygen atoms in total. The molecule has 0 aromatic heterocycles.